The molecule has 39 heavy (non-hydrogen) atoms. The molecule has 0 heterocycles. The molecule has 8 nitrogen and oxygen atoms in total. The van der Waals surface area contributed by atoms with Gasteiger partial charge in [0.2, 0.25) is 5.91 Å². The minimum Gasteiger partial charge on any atom is -0.444 e. The van der Waals surface area contributed by atoms with E-state index in [-0.39, 0.29) is 18.9 Å². The number of ether oxygens (including phenoxy) is 1. The fourth-order valence-corrected chi connectivity index (χ4v) is 4.25. The minimum atomic E-state index is -1.15. The SMILES string of the molecule is C=Cc1cccc(C(C(=O)Nc2c(C)cccc2C)N(CC#N)C(=O)C(CC(C)C)NC(=O)OC(C)(C)C)c1. The molecule has 0 aliphatic heterocycles. The van der Waals surface area contributed by atoms with Crippen LogP contribution in [0, 0.1) is 31.1 Å². The number of nitrogens with zero attached hydrogens (tertiary/aromatic N) is 2. The quantitative estimate of drug-likeness (QED) is 0.369. The summed E-state index contributed by atoms with van der Waals surface area (Å²) in [5.74, 6) is -0.997. The number of aryl methyl sites for hydroxylation is 2. The summed E-state index contributed by atoms with van der Waals surface area (Å²) in [6.07, 6.45) is 1.19. The Kier molecular flexibility index (Phi) is 10.9. The standard InChI is InChI=1S/C31H40N4O4/c1-9-23-14-11-15-24(19-23)27(28(36)34-26-21(4)12-10-13-22(26)5)35(17-16-32)29(37)25(18-20(2)3)33-30(38)39-31(6,7)8/h9-15,19-20,25,27H,1,17-18H2,2-8H3,(H,33,38)(H,34,36). The van der Waals surface area contributed by atoms with Crippen LogP contribution in [0.15, 0.2) is 49.0 Å². The number of nitriles is 1. The van der Waals surface area contributed by atoms with Crippen molar-refractivity contribution >= 4 is 29.7 Å². The molecule has 2 unspecified atom stereocenters. The monoisotopic (exact) mass is 532 g/mol. The highest BCUT2D eigenvalue weighted by Gasteiger charge is 2.37. The molecule has 2 atom stereocenters. The molecule has 0 saturated carbocycles. The normalized spacial score (nSPS) is 12.6. The lowest BCUT2D eigenvalue weighted by atomic mass is 9.97. The molecule has 0 aliphatic carbocycles. The number of alkyl carbamates (subject to hydrolysis) is 1. The average molecular weight is 533 g/mol. The van der Waals surface area contributed by atoms with E-state index in [4.69, 9.17) is 4.74 Å². The van der Waals surface area contributed by atoms with Gasteiger partial charge in [0.15, 0.2) is 0 Å². The van der Waals surface area contributed by atoms with Gasteiger partial charge in [-0.25, -0.2) is 4.79 Å². The van der Waals surface area contributed by atoms with Gasteiger partial charge in [-0.15, -0.1) is 0 Å². The first-order valence-electron chi connectivity index (χ1n) is 13.0. The predicted octanol–water partition coefficient (Wildman–Crippen LogP) is 5.92. The largest absolute Gasteiger partial charge is 0.444 e. The summed E-state index contributed by atoms with van der Waals surface area (Å²) in [6, 6.07) is 12.6. The average Bonchev–Trinajstić information content (AvgIpc) is 2.84. The van der Waals surface area contributed by atoms with E-state index in [9.17, 15) is 19.6 Å². The molecule has 2 aromatic carbocycles. The molecule has 3 amide bonds. The highest BCUT2D eigenvalue weighted by molar-refractivity contribution is 6.00. The third kappa shape index (κ3) is 8.99. The predicted molar refractivity (Wildman–Crippen MR) is 154 cm³/mol. The van der Waals surface area contributed by atoms with E-state index in [2.05, 4.69) is 17.2 Å². The van der Waals surface area contributed by atoms with Crippen LogP contribution in [0.2, 0.25) is 0 Å². The Balaban J connectivity index is 2.59. The van der Waals surface area contributed by atoms with Gasteiger partial charge in [-0.05, 0) is 75.3 Å². The van der Waals surface area contributed by atoms with Crippen molar-refractivity contribution in [2.45, 2.75) is 72.6 Å². The Bertz CT molecular complexity index is 1220. The molecule has 2 rings (SSSR count). The van der Waals surface area contributed by atoms with Crippen molar-refractivity contribution in [2.24, 2.45) is 5.92 Å². The van der Waals surface area contributed by atoms with Crippen LogP contribution in [0.1, 0.15) is 69.3 Å². The van der Waals surface area contributed by atoms with Crippen molar-refractivity contribution in [1.82, 2.24) is 10.2 Å². The Labute approximate surface area is 232 Å². The molecule has 2 aromatic rings. The second-order valence-corrected chi connectivity index (χ2v) is 11.0. The van der Waals surface area contributed by atoms with Crippen LogP contribution in [-0.4, -0.2) is 41.0 Å². The third-order valence-electron chi connectivity index (χ3n) is 5.97. The highest BCUT2D eigenvalue weighted by atomic mass is 16.6. The van der Waals surface area contributed by atoms with Crippen LogP contribution in [0.3, 0.4) is 0 Å². The molecule has 0 aliphatic rings. The van der Waals surface area contributed by atoms with Crippen molar-refractivity contribution in [1.29, 1.82) is 5.26 Å². The summed E-state index contributed by atoms with van der Waals surface area (Å²) in [4.78, 5) is 41.8. The number of nitrogens with one attached hydrogen (secondary N) is 2. The Morgan fingerprint density at radius 1 is 1.10 bits per heavy atom. The molecular formula is C31H40N4O4. The molecular weight excluding hydrogens is 492 g/mol. The number of carbonyl (C=O) groups is 3. The maximum absolute atomic E-state index is 14.0. The molecule has 208 valence electrons. The van der Waals surface area contributed by atoms with E-state index in [1.165, 1.54) is 4.90 Å². The summed E-state index contributed by atoms with van der Waals surface area (Å²) >= 11 is 0. The van der Waals surface area contributed by atoms with E-state index in [1.54, 1.807) is 45.0 Å². The Hall–Kier alpha value is -4.12. The lowest BCUT2D eigenvalue weighted by Crippen LogP contribution is -2.53. The zero-order valence-electron chi connectivity index (χ0n) is 24.0. The van der Waals surface area contributed by atoms with Gasteiger partial charge >= 0.3 is 6.09 Å². The van der Waals surface area contributed by atoms with Crippen LogP contribution in [-0.2, 0) is 14.3 Å². The molecule has 0 bridgehead atoms. The second kappa shape index (κ2) is 13.6. The first kappa shape index (κ1) is 31.1. The van der Waals surface area contributed by atoms with Gasteiger partial charge in [-0.1, -0.05) is 62.9 Å². The summed E-state index contributed by atoms with van der Waals surface area (Å²) in [5.41, 5.74) is 2.88. The third-order valence-corrected chi connectivity index (χ3v) is 5.97. The molecule has 0 aromatic heterocycles. The topological polar surface area (TPSA) is 112 Å². The van der Waals surface area contributed by atoms with Crippen molar-refractivity contribution in [3.63, 3.8) is 0 Å². The zero-order chi connectivity index (χ0) is 29.3. The van der Waals surface area contributed by atoms with Gasteiger partial charge in [0, 0.05) is 5.69 Å². The fraction of sp³-hybridized carbons (Fsp3) is 0.419. The summed E-state index contributed by atoms with van der Waals surface area (Å²) in [5, 5.41) is 15.4. The van der Waals surface area contributed by atoms with Crippen LogP contribution in [0.5, 0.6) is 0 Å². The highest BCUT2D eigenvalue weighted by Crippen LogP contribution is 2.28. The van der Waals surface area contributed by atoms with Crippen molar-refractivity contribution in [2.75, 3.05) is 11.9 Å². The summed E-state index contributed by atoms with van der Waals surface area (Å²) in [6.45, 7) is 16.2. The van der Waals surface area contributed by atoms with Crippen molar-refractivity contribution in [3.05, 3.63) is 71.3 Å². The van der Waals surface area contributed by atoms with Gasteiger partial charge in [-0.3, -0.25) is 9.59 Å². The van der Waals surface area contributed by atoms with E-state index in [0.29, 0.717) is 11.3 Å². The van der Waals surface area contributed by atoms with Gasteiger partial charge in [-0.2, -0.15) is 5.26 Å². The second-order valence-electron chi connectivity index (χ2n) is 11.0. The van der Waals surface area contributed by atoms with Gasteiger partial charge < -0.3 is 20.3 Å². The lowest BCUT2D eigenvalue weighted by molar-refractivity contribution is -0.140. The van der Waals surface area contributed by atoms with Crippen LogP contribution < -0.4 is 10.6 Å². The van der Waals surface area contributed by atoms with E-state index >= 15 is 0 Å². The first-order chi connectivity index (χ1) is 18.3. The fourth-order valence-electron chi connectivity index (χ4n) is 4.25. The molecule has 0 radical (unpaired) electrons. The van der Waals surface area contributed by atoms with E-state index in [1.807, 2.05) is 58.0 Å². The maximum Gasteiger partial charge on any atom is 0.408 e. The maximum atomic E-state index is 14.0. The van der Waals surface area contributed by atoms with Crippen molar-refractivity contribution < 1.29 is 19.1 Å². The first-order valence-corrected chi connectivity index (χ1v) is 13.0. The zero-order valence-corrected chi connectivity index (χ0v) is 24.0. The molecule has 0 saturated heterocycles. The number of hydrogen-bond donors (Lipinski definition) is 2. The Morgan fingerprint density at radius 2 is 1.72 bits per heavy atom. The number of carbonyl (C=O) groups excluding carboxylic acids is 3. The molecule has 0 fully saturated rings. The molecule has 2 N–H and O–H groups in total. The lowest BCUT2D eigenvalue weighted by Gasteiger charge is -2.33. The number of hydrogen-bond acceptors (Lipinski definition) is 5. The number of benzene rings is 2. The van der Waals surface area contributed by atoms with Gasteiger partial charge in [0.1, 0.15) is 24.2 Å². The molecule has 8 heteroatoms. The van der Waals surface area contributed by atoms with E-state index in [0.717, 1.165) is 16.7 Å². The van der Waals surface area contributed by atoms with Crippen LogP contribution in [0.25, 0.3) is 6.08 Å². The summed E-state index contributed by atoms with van der Waals surface area (Å²) < 4.78 is 5.39. The van der Waals surface area contributed by atoms with Crippen molar-refractivity contribution in [3.8, 4) is 6.07 Å². The number of anilines is 1. The van der Waals surface area contributed by atoms with Crippen LogP contribution >= 0.6 is 0 Å². The Morgan fingerprint density at radius 3 is 2.26 bits per heavy atom. The van der Waals surface area contributed by atoms with Crippen LogP contribution in [0.4, 0.5) is 10.5 Å². The summed E-state index contributed by atoms with van der Waals surface area (Å²) in [7, 11) is 0. The van der Waals surface area contributed by atoms with Gasteiger partial charge in [0.05, 0.1) is 6.07 Å². The number of rotatable bonds is 10. The van der Waals surface area contributed by atoms with Gasteiger partial charge in [0.25, 0.3) is 5.91 Å². The number of amides is 3. The minimum absolute atomic E-state index is 0.0313. The van der Waals surface area contributed by atoms with E-state index < -0.39 is 35.6 Å². The smallest absolute Gasteiger partial charge is 0.408 e. The number of para-hydroxylation sites is 1. The molecule has 0 spiro atoms.